The molecule has 0 atom stereocenters. The predicted octanol–water partition coefficient (Wildman–Crippen LogP) is 1.20. The van der Waals surface area contributed by atoms with Crippen LogP contribution in [-0.2, 0) is 0 Å². The molecule has 0 aromatic carbocycles. The minimum Gasteiger partial charge on any atom is -0.304 e. The molecule has 2 nitrogen and oxygen atoms in total. The number of rotatable bonds is 3. The Hall–Kier alpha value is -0.0800. The molecule has 1 rings (SSSR count). The molecule has 0 amide bonds. The minimum absolute atomic E-state index is 1.13. The molecule has 0 unspecified atom stereocenters. The van der Waals surface area contributed by atoms with Crippen molar-refractivity contribution in [2.45, 2.75) is 19.3 Å². The molecular weight excluding hydrogens is 136 g/mol. The molecule has 2 heteroatoms. The van der Waals surface area contributed by atoms with Gasteiger partial charge in [-0.1, -0.05) is 6.42 Å². The zero-order valence-electron chi connectivity index (χ0n) is 7.71. The monoisotopic (exact) mass is 155 g/mol. The third kappa shape index (κ3) is 3.73. The van der Waals surface area contributed by atoms with Gasteiger partial charge in [0.15, 0.2) is 0 Å². The smallest absolute Gasteiger partial charge is 0.0384 e. The van der Waals surface area contributed by atoms with E-state index in [0.717, 1.165) is 6.54 Å². The van der Waals surface area contributed by atoms with E-state index in [4.69, 9.17) is 0 Å². The summed E-state index contributed by atoms with van der Waals surface area (Å²) in [4.78, 5) is 4.65. The first kappa shape index (κ1) is 9.01. The van der Waals surface area contributed by atoms with E-state index in [1.807, 2.05) is 0 Å². The zero-order chi connectivity index (χ0) is 8.10. The number of likely N-dealkylation sites (N-methyl/N-ethyl adjacent to an activating group) is 1. The molecule has 0 N–H and O–H groups in total. The Kier molecular flexibility index (Phi) is 3.87. The van der Waals surface area contributed by atoms with Crippen LogP contribution in [-0.4, -0.2) is 43.5 Å². The Labute approximate surface area is 70.2 Å². The number of nitrogens with zero attached hydrogens (tertiary/aromatic N) is 2. The standard InChI is InChI=1S/C9H19N2/c1-10(2)8-9-11-6-4-3-5-7-11/h8H,3-7,9H2,1-2H3. The lowest BCUT2D eigenvalue weighted by Crippen LogP contribution is -2.33. The van der Waals surface area contributed by atoms with E-state index >= 15 is 0 Å². The van der Waals surface area contributed by atoms with Crippen molar-refractivity contribution in [1.29, 1.82) is 0 Å². The quantitative estimate of drug-likeness (QED) is 0.604. The maximum absolute atomic E-state index is 2.52. The fraction of sp³-hybridized carbons (Fsp3) is 0.889. The van der Waals surface area contributed by atoms with E-state index in [9.17, 15) is 0 Å². The van der Waals surface area contributed by atoms with E-state index in [1.165, 1.54) is 32.4 Å². The Bertz CT molecular complexity index is 95.7. The van der Waals surface area contributed by atoms with Crippen molar-refractivity contribution in [2.75, 3.05) is 33.7 Å². The highest BCUT2D eigenvalue weighted by Gasteiger charge is 2.09. The van der Waals surface area contributed by atoms with Crippen molar-refractivity contribution in [3.63, 3.8) is 0 Å². The molecule has 0 bridgehead atoms. The van der Waals surface area contributed by atoms with Gasteiger partial charge in [-0.2, -0.15) is 0 Å². The van der Waals surface area contributed by atoms with Gasteiger partial charge in [0, 0.05) is 13.1 Å². The Morgan fingerprint density at radius 2 is 1.82 bits per heavy atom. The van der Waals surface area contributed by atoms with E-state index in [-0.39, 0.29) is 0 Å². The van der Waals surface area contributed by atoms with Gasteiger partial charge in [0.2, 0.25) is 0 Å². The van der Waals surface area contributed by atoms with Crippen molar-refractivity contribution in [3.05, 3.63) is 6.54 Å². The van der Waals surface area contributed by atoms with Gasteiger partial charge in [-0.25, -0.2) is 0 Å². The number of piperidine rings is 1. The van der Waals surface area contributed by atoms with Gasteiger partial charge in [-0.05, 0) is 40.0 Å². The lowest BCUT2D eigenvalue weighted by atomic mass is 10.1. The zero-order valence-corrected chi connectivity index (χ0v) is 7.71. The van der Waals surface area contributed by atoms with Crippen LogP contribution < -0.4 is 0 Å². The molecular formula is C9H19N2. The van der Waals surface area contributed by atoms with Crippen LogP contribution in [0.5, 0.6) is 0 Å². The van der Waals surface area contributed by atoms with Crippen LogP contribution >= 0.6 is 0 Å². The maximum atomic E-state index is 2.52. The van der Waals surface area contributed by atoms with E-state index in [0.29, 0.717) is 0 Å². The summed E-state index contributed by atoms with van der Waals surface area (Å²) in [5.74, 6) is 0. The van der Waals surface area contributed by atoms with E-state index in [1.54, 1.807) is 0 Å². The molecule has 0 saturated carbocycles. The van der Waals surface area contributed by atoms with Gasteiger partial charge in [0.25, 0.3) is 0 Å². The van der Waals surface area contributed by atoms with Gasteiger partial charge in [0.05, 0.1) is 0 Å². The molecule has 1 fully saturated rings. The van der Waals surface area contributed by atoms with Crippen LogP contribution in [0.1, 0.15) is 19.3 Å². The highest BCUT2D eigenvalue weighted by molar-refractivity contribution is 4.71. The van der Waals surface area contributed by atoms with Crippen LogP contribution in [0.4, 0.5) is 0 Å². The first-order valence-corrected chi connectivity index (χ1v) is 4.51. The molecule has 1 aliphatic rings. The summed E-state index contributed by atoms with van der Waals surface area (Å²) < 4.78 is 0. The summed E-state index contributed by atoms with van der Waals surface area (Å²) >= 11 is 0. The molecule has 1 radical (unpaired) electrons. The van der Waals surface area contributed by atoms with Gasteiger partial charge < -0.3 is 9.80 Å². The summed E-state index contributed by atoms with van der Waals surface area (Å²) in [6.07, 6.45) is 4.21. The summed E-state index contributed by atoms with van der Waals surface area (Å²) in [6, 6.07) is 0. The highest BCUT2D eigenvalue weighted by atomic mass is 15.2. The summed E-state index contributed by atoms with van der Waals surface area (Å²) in [7, 11) is 4.17. The maximum Gasteiger partial charge on any atom is 0.0384 e. The van der Waals surface area contributed by atoms with Crippen molar-refractivity contribution in [2.24, 2.45) is 0 Å². The van der Waals surface area contributed by atoms with E-state index < -0.39 is 0 Å². The number of hydrogen-bond acceptors (Lipinski definition) is 2. The molecule has 1 saturated heterocycles. The third-order valence-corrected chi connectivity index (χ3v) is 2.15. The normalized spacial score (nSPS) is 21.0. The lowest BCUT2D eigenvalue weighted by molar-refractivity contribution is 0.228. The average molecular weight is 155 g/mol. The predicted molar refractivity (Wildman–Crippen MR) is 48.3 cm³/mol. The molecule has 0 aromatic rings. The van der Waals surface area contributed by atoms with Crippen molar-refractivity contribution in [1.82, 2.24) is 9.80 Å². The summed E-state index contributed by atoms with van der Waals surface area (Å²) in [6.45, 7) is 5.97. The third-order valence-electron chi connectivity index (χ3n) is 2.15. The molecule has 0 aromatic heterocycles. The summed E-state index contributed by atoms with van der Waals surface area (Å²) in [5, 5.41) is 0. The van der Waals surface area contributed by atoms with Gasteiger partial charge in [-0.15, -0.1) is 0 Å². The van der Waals surface area contributed by atoms with Crippen molar-refractivity contribution < 1.29 is 0 Å². The Balaban J connectivity index is 2.05. The Morgan fingerprint density at radius 1 is 1.18 bits per heavy atom. The van der Waals surface area contributed by atoms with Crippen LogP contribution in [0.15, 0.2) is 0 Å². The van der Waals surface area contributed by atoms with Crippen LogP contribution in [0.25, 0.3) is 0 Å². The SMILES string of the molecule is CN(C)[CH]CN1CCCCC1. The fourth-order valence-electron chi connectivity index (χ4n) is 1.42. The molecule has 65 valence electrons. The van der Waals surface area contributed by atoms with Gasteiger partial charge >= 0.3 is 0 Å². The molecule has 11 heavy (non-hydrogen) atoms. The minimum atomic E-state index is 1.13. The molecule has 1 heterocycles. The fourth-order valence-corrected chi connectivity index (χ4v) is 1.42. The second-order valence-corrected chi connectivity index (χ2v) is 3.51. The lowest BCUT2D eigenvalue weighted by Gasteiger charge is -2.27. The van der Waals surface area contributed by atoms with Crippen molar-refractivity contribution >= 4 is 0 Å². The van der Waals surface area contributed by atoms with Crippen LogP contribution in [0.2, 0.25) is 0 Å². The largest absolute Gasteiger partial charge is 0.304 e. The first-order valence-electron chi connectivity index (χ1n) is 4.51. The number of likely N-dealkylation sites (tertiary alicyclic amines) is 1. The topological polar surface area (TPSA) is 6.48 Å². The Morgan fingerprint density at radius 3 is 2.36 bits per heavy atom. The average Bonchev–Trinajstić information content (AvgIpc) is 2.03. The second-order valence-electron chi connectivity index (χ2n) is 3.51. The first-order chi connectivity index (χ1) is 5.29. The van der Waals surface area contributed by atoms with Gasteiger partial charge in [0.1, 0.15) is 0 Å². The highest BCUT2D eigenvalue weighted by Crippen LogP contribution is 2.08. The van der Waals surface area contributed by atoms with Gasteiger partial charge in [-0.3, -0.25) is 0 Å². The van der Waals surface area contributed by atoms with Crippen LogP contribution in [0, 0.1) is 6.54 Å². The summed E-state index contributed by atoms with van der Waals surface area (Å²) in [5.41, 5.74) is 0. The van der Waals surface area contributed by atoms with E-state index in [2.05, 4.69) is 30.4 Å². The second kappa shape index (κ2) is 4.73. The van der Waals surface area contributed by atoms with Crippen molar-refractivity contribution in [3.8, 4) is 0 Å². The number of hydrogen-bond donors (Lipinski definition) is 0. The van der Waals surface area contributed by atoms with Crippen LogP contribution in [0.3, 0.4) is 0 Å². The molecule has 0 spiro atoms. The molecule has 0 aliphatic carbocycles. The molecule has 1 aliphatic heterocycles.